The zero-order valence-corrected chi connectivity index (χ0v) is 17.5. The van der Waals surface area contributed by atoms with Gasteiger partial charge in [-0.3, -0.25) is 9.69 Å². The molecule has 6 heteroatoms. The van der Waals surface area contributed by atoms with Crippen LogP contribution in [0.1, 0.15) is 44.4 Å². The highest BCUT2D eigenvalue weighted by molar-refractivity contribution is 7.21. The average Bonchev–Trinajstić information content (AvgIpc) is 3.26. The highest BCUT2D eigenvalue weighted by Gasteiger charge is 2.27. The van der Waals surface area contributed by atoms with E-state index in [0.29, 0.717) is 6.04 Å². The second-order valence-corrected chi connectivity index (χ2v) is 9.53. The Balaban J connectivity index is 1.63. The molecule has 3 heterocycles. The summed E-state index contributed by atoms with van der Waals surface area (Å²) >= 11 is 3.41. The Morgan fingerprint density at radius 2 is 2.15 bits per heavy atom. The lowest BCUT2D eigenvalue weighted by Crippen LogP contribution is -2.40. The maximum Gasteiger partial charge on any atom is 0.261 e. The average molecular weight is 400 g/mol. The lowest BCUT2D eigenvalue weighted by Gasteiger charge is -2.35. The largest absolute Gasteiger partial charge is 0.354 e. The smallest absolute Gasteiger partial charge is 0.261 e. The highest BCUT2D eigenvalue weighted by Crippen LogP contribution is 2.34. The van der Waals surface area contributed by atoms with Crippen molar-refractivity contribution in [3.05, 3.63) is 50.8 Å². The normalized spacial score (nSPS) is 18.1. The van der Waals surface area contributed by atoms with Gasteiger partial charge >= 0.3 is 0 Å². The van der Waals surface area contributed by atoms with E-state index in [1.54, 1.807) is 29.7 Å². The van der Waals surface area contributed by atoms with E-state index in [1.165, 1.54) is 39.8 Å². The van der Waals surface area contributed by atoms with Crippen molar-refractivity contribution < 1.29 is 4.79 Å². The van der Waals surface area contributed by atoms with Crippen LogP contribution in [0.15, 0.2) is 30.5 Å². The Morgan fingerprint density at radius 1 is 1.30 bits per heavy atom. The molecule has 0 aliphatic carbocycles. The standard InChI is InChI=1S/C21H25N3OS2/c1-14-23-12-16(26-14)13-24-10-6-5-7-15(24)11-18-17-8-3-4-9-19(17)27-20(18)21(25)22-2/h3-4,8-9,12,15H,5-7,10-11,13H2,1-2H3,(H,22,25). The Labute approximate surface area is 168 Å². The number of amides is 1. The Morgan fingerprint density at radius 3 is 2.93 bits per heavy atom. The number of likely N-dealkylation sites (tertiary alicyclic amines) is 1. The van der Waals surface area contributed by atoms with E-state index in [-0.39, 0.29) is 5.91 Å². The zero-order chi connectivity index (χ0) is 18.8. The number of carbonyl (C=O) groups excluding carboxylic acids is 1. The first kappa shape index (κ1) is 18.6. The molecule has 1 aliphatic heterocycles. The number of piperidine rings is 1. The highest BCUT2D eigenvalue weighted by atomic mass is 32.1. The number of nitrogens with one attached hydrogen (secondary N) is 1. The maximum absolute atomic E-state index is 12.5. The summed E-state index contributed by atoms with van der Waals surface area (Å²) in [6.45, 7) is 4.15. The SMILES string of the molecule is CNC(=O)c1sc2ccccc2c1CC1CCCCN1Cc1cnc(C)s1. The molecule has 3 aromatic rings. The monoisotopic (exact) mass is 399 g/mol. The summed E-state index contributed by atoms with van der Waals surface area (Å²) in [4.78, 5) is 21.7. The number of hydrogen-bond donors (Lipinski definition) is 1. The van der Waals surface area contributed by atoms with E-state index >= 15 is 0 Å². The van der Waals surface area contributed by atoms with Crippen LogP contribution >= 0.6 is 22.7 Å². The van der Waals surface area contributed by atoms with Crippen LogP contribution in [0.5, 0.6) is 0 Å². The van der Waals surface area contributed by atoms with Gasteiger partial charge in [0, 0.05) is 35.4 Å². The number of benzene rings is 1. The third-order valence-corrected chi connectivity index (χ3v) is 7.46. The lowest BCUT2D eigenvalue weighted by atomic mass is 9.94. The first-order valence-electron chi connectivity index (χ1n) is 9.53. The molecular formula is C21H25N3OS2. The molecule has 1 atom stereocenters. The summed E-state index contributed by atoms with van der Waals surface area (Å²) in [6, 6.07) is 8.88. The molecule has 1 amide bonds. The molecule has 0 bridgehead atoms. The van der Waals surface area contributed by atoms with Crippen molar-refractivity contribution in [1.82, 2.24) is 15.2 Å². The van der Waals surface area contributed by atoms with Gasteiger partial charge in [0.05, 0.1) is 9.88 Å². The predicted octanol–water partition coefficient (Wildman–Crippen LogP) is 4.62. The zero-order valence-electron chi connectivity index (χ0n) is 15.8. The maximum atomic E-state index is 12.5. The van der Waals surface area contributed by atoms with Crippen molar-refractivity contribution in [2.75, 3.05) is 13.6 Å². The van der Waals surface area contributed by atoms with Gasteiger partial charge in [-0.25, -0.2) is 4.98 Å². The van der Waals surface area contributed by atoms with E-state index in [4.69, 9.17) is 0 Å². The van der Waals surface area contributed by atoms with Crippen molar-refractivity contribution in [2.24, 2.45) is 0 Å². The van der Waals surface area contributed by atoms with Crippen LogP contribution < -0.4 is 5.32 Å². The first-order chi connectivity index (χ1) is 13.2. The van der Waals surface area contributed by atoms with Crippen molar-refractivity contribution in [2.45, 2.75) is 45.2 Å². The molecule has 1 unspecified atom stereocenters. The Bertz CT molecular complexity index is 946. The van der Waals surface area contributed by atoms with E-state index in [1.807, 2.05) is 6.20 Å². The molecule has 0 radical (unpaired) electrons. The number of fused-ring (bicyclic) bond motifs is 1. The van der Waals surface area contributed by atoms with Crippen LogP contribution in [0.4, 0.5) is 0 Å². The minimum absolute atomic E-state index is 0.0339. The van der Waals surface area contributed by atoms with Crippen LogP contribution in [0.2, 0.25) is 0 Å². The van der Waals surface area contributed by atoms with Gasteiger partial charge in [-0.1, -0.05) is 24.6 Å². The van der Waals surface area contributed by atoms with Crippen LogP contribution in [0, 0.1) is 6.92 Å². The van der Waals surface area contributed by atoms with Crippen molar-refractivity contribution >= 4 is 38.7 Å². The number of thiophene rings is 1. The van der Waals surface area contributed by atoms with Crippen LogP contribution in [-0.2, 0) is 13.0 Å². The molecule has 2 aromatic heterocycles. The summed E-state index contributed by atoms with van der Waals surface area (Å²) in [6.07, 6.45) is 6.66. The molecule has 1 N–H and O–H groups in total. The molecular weight excluding hydrogens is 374 g/mol. The molecule has 4 nitrogen and oxygen atoms in total. The van der Waals surface area contributed by atoms with E-state index < -0.39 is 0 Å². The van der Waals surface area contributed by atoms with E-state index in [9.17, 15) is 4.79 Å². The third kappa shape index (κ3) is 3.93. The van der Waals surface area contributed by atoms with Crippen molar-refractivity contribution in [3.8, 4) is 0 Å². The molecule has 4 rings (SSSR count). The summed E-state index contributed by atoms with van der Waals surface area (Å²) < 4.78 is 1.20. The second-order valence-electron chi connectivity index (χ2n) is 7.15. The van der Waals surface area contributed by atoms with Crippen LogP contribution in [-0.4, -0.2) is 35.4 Å². The lowest BCUT2D eigenvalue weighted by molar-refractivity contribution is 0.0964. The fourth-order valence-corrected chi connectivity index (χ4v) is 6.01. The van der Waals surface area contributed by atoms with Gasteiger partial charge in [0.25, 0.3) is 5.91 Å². The van der Waals surface area contributed by atoms with Gasteiger partial charge in [0.15, 0.2) is 0 Å². The van der Waals surface area contributed by atoms with Crippen molar-refractivity contribution in [3.63, 3.8) is 0 Å². The number of rotatable bonds is 5. The quantitative estimate of drug-likeness (QED) is 0.681. The number of thiazole rings is 1. The number of aryl methyl sites for hydroxylation is 1. The van der Waals surface area contributed by atoms with Gasteiger partial charge in [-0.2, -0.15) is 0 Å². The molecule has 1 fully saturated rings. The van der Waals surface area contributed by atoms with Gasteiger partial charge in [0.2, 0.25) is 0 Å². The Hall–Kier alpha value is -1.76. The summed E-state index contributed by atoms with van der Waals surface area (Å²) in [5.74, 6) is 0.0339. The minimum atomic E-state index is 0.0339. The summed E-state index contributed by atoms with van der Waals surface area (Å²) in [5.41, 5.74) is 1.22. The molecule has 0 spiro atoms. The molecule has 1 aromatic carbocycles. The van der Waals surface area contributed by atoms with Gasteiger partial charge in [-0.15, -0.1) is 22.7 Å². The number of aromatic nitrogens is 1. The first-order valence-corrected chi connectivity index (χ1v) is 11.2. The molecule has 1 aliphatic rings. The topological polar surface area (TPSA) is 45.2 Å². The molecule has 1 saturated heterocycles. The number of carbonyl (C=O) groups is 1. The predicted molar refractivity (Wildman–Crippen MR) is 114 cm³/mol. The fourth-order valence-electron chi connectivity index (χ4n) is 4.01. The Kier molecular flexibility index (Phi) is 5.57. The van der Waals surface area contributed by atoms with Crippen molar-refractivity contribution in [1.29, 1.82) is 0 Å². The summed E-state index contributed by atoms with van der Waals surface area (Å²) in [5, 5.41) is 5.19. The second kappa shape index (κ2) is 8.09. The third-order valence-electron chi connectivity index (χ3n) is 5.35. The summed E-state index contributed by atoms with van der Waals surface area (Å²) in [7, 11) is 1.72. The molecule has 142 valence electrons. The van der Waals surface area contributed by atoms with Crippen LogP contribution in [0.25, 0.3) is 10.1 Å². The van der Waals surface area contributed by atoms with Gasteiger partial charge in [-0.05, 0) is 49.7 Å². The molecule has 0 saturated carbocycles. The van der Waals surface area contributed by atoms with E-state index in [2.05, 4.69) is 46.4 Å². The minimum Gasteiger partial charge on any atom is -0.354 e. The van der Waals surface area contributed by atoms with Crippen LogP contribution in [0.3, 0.4) is 0 Å². The van der Waals surface area contributed by atoms with E-state index in [0.717, 1.165) is 29.4 Å². The fraction of sp³-hybridized carbons (Fsp3) is 0.429. The van der Waals surface area contributed by atoms with Gasteiger partial charge in [0.1, 0.15) is 0 Å². The van der Waals surface area contributed by atoms with Gasteiger partial charge < -0.3 is 5.32 Å². The number of nitrogens with zero attached hydrogens (tertiary/aromatic N) is 2. The molecule has 27 heavy (non-hydrogen) atoms. The number of hydrogen-bond acceptors (Lipinski definition) is 5.